The van der Waals surface area contributed by atoms with Gasteiger partial charge in [0, 0.05) is 30.6 Å². The van der Waals surface area contributed by atoms with Crippen molar-refractivity contribution >= 4 is 5.78 Å². The highest BCUT2D eigenvalue weighted by molar-refractivity contribution is 5.85. The fraction of sp³-hybridized carbons (Fsp3) is 0.880. The number of ketones is 1. The number of Topliss-reactive ketones (excluding diaryl/α,β-unsaturated/α-hetero) is 1. The molecule has 3 saturated carbocycles. The lowest BCUT2D eigenvalue weighted by Crippen LogP contribution is -2.67. The van der Waals surface area contributed by atoms with Crippen LogP contribution in [-0.4, -0.2) is 66.2 Å². The molecule has 0 bridgehead atoms. The van der Waals surface area contributed by atoms with Gasteiger partial charge in [0.15, 0.2) is 5.79 Å². The van der Waals surface area contributed by atoms with Crippen molar-refractivity contribution in [3.05, 3.63) is 11.6 Å². The lowest BCUT2D eigenvalue weighted by molar-refractivity contribution is -0.317. The van der Waals surface area contributed by atoms with E-state index in [4.69, 9.17) is 18.9 Å². The predicted octanol–water partition coefficient (Wildman–Crippen LogP) is 2.34. The van der Waals surface area contributed by atoms with Gasteiger partial charge in [-0.3, -0.25) is 4.79 Å². The number of hydrogen-bond donors (Lipinski definition) is 2. The molecule has 5 fully saturated rings. The Morgan fingerprint density at radius 2 is 1.69 bits per heavy atom. The van der Waals surface area contributed by atoms with Crippen molar-refractivity contribution in [3.63, 3.8) is 0 Å². The number of hydrogen-bond acceptors (Lipinski definition) is 7. The minimum absolute atomic E-state index is 0.0443. The fourth-order valence-corrected chi connectivity index (χ4v) is 8.72. The van der Waals surface area contributed by atoms with Gasteiger partial charge in [0.05, 0.1) is 26.4 Å². The summed E-state index contributed by atoms with van der Waals surface area (Å²) in [6.07, 6.45) is 7.21. The van der Waals surface area contributed by atoms with Gasteiger partial charge in [-0.1, -0.05) is 25.5 Å². The lowest BCUT2D eigenvalue weighted by atomic mass is 9.46. The van der Waals surface area contributed by atoms with E-state index in [2.05, 4.69) is 13.0 Å². The molecule has 1 spiro atoms. The van der Waals surface area contributed by atoms with Crippen molar-refractivity contribution in [2.75, 3.05) is 33.0 Å². The van der Waals surface area contributed by atoms with Crippen LogP contribution in [0.1, 0.15) is 58.8 Å². The summed E-state index contributed by atoms with van der Waals surface area (Å²) in [6.45, 7) is 5.86. The predicted molar refractivity (Wildman–Crippen MR) is 113 cm³/mol. The molecule has 6 atom stereocenters. The van der Waals surface area contributed by atoms with E-state index in [0.29, 0.717) is 39.3 Å². The number of aliphatic hydroxyl groups is 2. The van der Waals surface area contributed by atoms with Crippen LogP contribution < -0.4 is 0 Å². The second-order valence-electron chi connectivity index (χ2n) is 11.5. The number of carbonyl (C=O) groups is 1. The van der Waals surface area contributed by atoms with E-state index in [1.54, 1.807) is 0 Å². The molecule has 32 heavy (non-hydrogen) atoms. The van der Waals surface area contributed by atoms with Gasteiger partial charge in [-0.25, -0.2) is 0 Å². The third-order valence-corrected chi connectivity index (χ3v) is 10.4. The van der Waals surface area contributed by atoms with E-state index < -0.39 is 29.2 Å². The van der Waals surface area contributed by atoms with Crippen molar-refractivity contribution in [1.82, 2.24) is 0 Å². The molecule has 4 aliphatic carbocycles. The maximum Gasteiger partial charge on any atom is 0.222 e. The van der Waals surface area contributed by atoms with Gasteiger partial charge in [-0.05, 0) is 42.9 Å². The Labute approximate surface area is 189 Å². The van der Waals surface area contributed by atoms with Crippen LogP contribution in [0, 0.1) is 28.6 Å². The monoisotopic (exact) mass is 448 g/mol. The number of rotatable bonds is 2. The Kier molecular flexibility index (Phi) is 4.65. The van der Waals surface area contributed by atoms with Gasteiger partial charge in [-0.15, -0.1) is 0 Å². The normalized spacial score (nSPS) is 48.9. The molecule has 6 aliphatic rings. The van der Waals surface area contributed by atoms with Gasteiger partial charge in [-0.2, -0.15) is 0 Å². The maximum absolute atomic E-state index is 13.9. The highest BCUT2D eigenvalue weighted by atomic mass is 16.8. The van der Waals surface area contributed by atoms with Crippen LogP contribution in [0.15, 0.2) is 11.6 Å². The second-order valence-corrected chi connectivity index (χ2v) is 11.5. The molecule has 0 radical (unpaired) electrons. The van der Waals surface area contributed by atoms with E-state index >= 15 is 0 Å². The van der Waals surface area contributed by atoms with Crippen LogP contribution in [-0.2, 0) is 23.7 Å². The van der Waals surface area contributed by atoms with Crippen LogP contribution in [0.3, 0.4) is 0 Å². The van der Waals surface area contributed by atoms with Gasteiger partial charge < -0.3 is 29.2 Å². The Morgan fingerprint density at radius 3 is 2.38 bits per heavy atom. The summed E-state index contributed by atoms with van der Waals surface area (Å²) in [7, 11) is 0. The molecule has 0 amide bonds. The standard InChI is InChI=1S/C25H36O7/c1-21-7-8-23(29-9-10-30-23)13-16(21)3-4-17-18-5-6-24(28,25(15-26)31-11-12-32-25)22(18,2)14-19(27)20(17)21/h3,17-18,20,26,28H,4-15H2,1-2H3. The highest BCUT2D eigenvalue weighted by Gasteiger charge is 2.73. The fourth-order valence-electron chi connectivity index (χ4n) is 8.72. The van der Waals surface area contributed by atoms with Gasteiger partial charge in [0.2, 0.25) is 5.79 Å². The molecular formula is C25H36O7. The van der Waals surface area contributed by atoms with Gasteiger partial charge in [0.25, 0.3) is 0 Å². The lowest BCUT2D eigenvalue weighted by Gasteiger charge is -2.60. The van der Waals surface area contributed by atoms with Crippen molar-refractivity contribution in [3.8, 4) is 0 Å². The van der Waals surface area contributed by atoms with E-state index in [1.807, 2.05) is 6.92 Å². The molecular weight excluding hydrogens is 412 g/mol. The molecule has 0 aromatic rings. The first kappa shape index (κ1) is 21.7. The maximum atomic E-state index is 13.9. The summed E-state index contributed by atoms with van der Waals surface area (Å²) in [5.74, 6) is -1.38. The Balaban J connectivity index is 1.36. The van der Waals surface area contributed by atoms with Crippen LogP contribution in [0.5, 0.6) is 0 Å². The molecule has 7 heteroatoms. The minimum atomic E-state index is -1.43. The van der Waals surface area contributed by atoms with E-state index in [0.717, 1.165) is 32.1 Å². The largest absolute Gasteiger partial charge is 0.391 e. The van der Waals surface area contributed by atoms with Gasteiger partial charge in [0.1, 0.15) is 18.0 Å². The summed E-state index contributed by atoms with van der Waals surface area (Å²) in [6, 6.07) is 0. The van der Waals surface area contributed by atoms with Crippen molar-refractivity contribution < 1.29 is 34.0 Å². The molecule has 7 nitrogen and oxygen atoms in total. The van der Waals surface area contributed by atoms with Crippen molar-refractivity contribution in [2.45, 2.75) is 76.0 Å². The molecule has 6 rings (SSSR count). The average Bonchev–Trinajstić information content (AvgIpc) is 3.49. The molecule has 6 unspecified atom stereocenters. The number of aliphatic hydroxyl groups excluding tert-OH is 1. The number of fused-ring (bicyclic) bond motifs is 5. The molecule has 2 aliphatic heterocycles. The van der Waals surface area contributed by atoms with Crippen LogP contribution in [0.4, 0.5) is 0 Å². The summed E-state index contributed by atoms with van der Waals surface area (Å²) >= 11 is 0. The number of carbonyl (C=O) groups excluding carboxylic acids is 1. The van der Waals surface area contributed by atoms with E-state index in [1.165, 1.54) is 5.57 Å². The summed E-state index contributed by atoms with van der Waals surface area (Å²) < 4.78 is 23.7. The highest BCUT2D eigenvalue weighted by Crippen LogP contribution is 2.69. The third-order valence-electron chi connectivity index (χ3n) is 10.4. The van der Waals surface area contributed by atoms with Crippen LogP contribution in [0.2, 0.25) is 0 Å². The summed E-state index contributed by atoms with van der Waals surface area (Å²) in [5, 5.41) is 22.2. The zero-order chi connectivity index (χ0) is 22.4. The molecule has 0 aromatic heterocycles. The first-order valence-corrected chi connectivity index (χ1v) is 12.3. The zero-order valence-corrected chi connectivity index (χ0v) is 19.2. The molecule has 178 valence electrons. The first-order chi connectivity index (χ1) is 15.2. The van der Waals surface area contributed by atoms with E-state index in [9.17, 15) is 15.0 Å². The minimum Gasteiger partial charge on any atom is -0.391 e. The first-order valence-electron chi connectivity index (χ1n) is 12.3. The van der Waals surface area contributed by atoms with Crippen LogP contribution in [0.25, 0.3) is 0 Å². The zero-order valence-electron chi connectivity index (χ0n) is 19.2. The number of allylic oxidation sites excluding steroid dienone is 1. The van der Waals surface area contributed by atoms with E-state index in [-0.39, 0.29) is 29.0 Å². The third kappa shape index (κ3) is 2.50. The van der Waals surface area contributed by atoms with Gasteiger partial charge >= 0.3 is 0 Å². The SMILES string of the molecule is CC12CCC3(CC1=CCC1C2C(=O)CC2(C)C1CCC2(O)C1(CO)OCCO1)OCCO3. The average molecular weight is 449 g/mol. The van der Waals surface area contributed by atoms with Crippen molar-refractivity contribution in [1.29, 1.82) is 0 Å². The van der Waals surface area contributed by atoms with Crippen LogP contribution >= 0.6 is 0 Å². The molecule has 2 saturated heterocycles. The summed E-state index contributed by atoms with van der Waals surface area (Å²) in [4.78, 5) is 13.9. The Morgan fingerprint density at radius 1 is 1.00 bits per heavy atom. The molecule has 2 heterocycles. The smallest absolute Gasteiger partial charge is 0.222 e. The molecule has 0 aromatic carbocycles. The summed E-state index contributed by atoms with van der Waals surface area (Å²) in [5.41, 5.74) is -0.944. The molecule has 2 N–H and O–H groups in total. The second kappa shape index (κ2) is 6.86. The topological polar surface area (TPSA) is 94.5 Å². The number of ether oxygens (including phenoxy) is 4. The van der Waals surface area contributed by atoms with Crippen molar-refractivity contribution in [2.24, 2.45) is 28.6 Å². The Bertz CT molecular complexity index is 841. The Hall–Kier alpha value is -0.830. The quantitative estimate of drug-likeness (QED) is 0.626.